The molecule has 0 saturated heterocycles. The molecule has 0 unspecified atom stereocenters. The highest BCUT2D eigenvalue weighted by Crippen LogP contribution is 2.22. The van der Waals surface area contributed by atoms with E-state index < -0.39 is 0 Å². The Kier molecular flexibility index (Phi) is 4.30. The van der Waals surface area contributed by atoms with Crippen LogP contribution in [0.2, 0.25) is 0 Å². The fourth-order valence-electron chi connectivity index (χ4n) is 2.73. The summed E-state index contributed by atoms with van der Waals surface area (Å²) in [6.45, 7) is 4.08. The van der Waals surface area contributed by atoms with Gasteiger partial charge in [0.15, 0.2) is 0 Å². The van der Waals surface area contributed by atoms with Crippen molar-refractivity contribution in [1.82, 2.24) is 4.57 Å². The number of aromatic nitrogens is 1. The van der Waals surface area contributed by atoms with E-state index >= 15 is 0 Å². The topological polar surface area (TPSA) is 17.0 Å². The maximum atomic E-state index is 3.57. The highest BCUT2D eigenvalue weighted by Gasteiger charge is 2.05. The van der Waals surface area contributed by atoms with E-state index in [0.717, 1.165) is 29.7 Å². The molecule has 3 heteroatoms. The van der Waals surface area contributed by atoms with Crippen LogP contribution in [0.5, 0.6) is 0 Å². The summed E-state index contributed by atoms with van der Waals surface area (Å²) in [7, 11) is 0. The molecule has 0 aliphatic heterocycles. The molecule has 0 bridgehead atoms. The molecule has 3 rings (SSSR count). The zero-order chi connectivity index (χ0) is 14.7. The average Bonchev–Trinajstić information content (AvgIpc) is 2.92. The van der Waals surface area contributed by atoms with E-state index in [4.69, 9.17) is 0 Å². The Balaban J connectivity index is 1.75. The number of para-hydroxylation sites is 2. The van der Waals surface area contributed by atoms with Crippen LogP contribution in [0.3, 0.4) is 0 Å². The van der Waals surface area contributed by atoms with E-state index in [1.165, 1.54) is 16.5 Å². The van der Waals surface area contributed by atoms with Gasteiger partial charge < -0.3 is 9.88 Å². The molecular weight excluding hydrogens is 324 g/mol. The number of hydrogen-bond donors (Lipinski definition) is 1. The molecule has 0 fully saturated rings. The van der Waals surface area contributed by atoms with E-state index in [2.05, 4.69) is 75.3 Å². The van der Waals surface area contributed by atoms with Crippen LogP contribution in [0.15, 0.2) is 59.2 Å². The van der Waals surface area contributed by atoms with Crippen LogP contribution in [0, 0.1) is 0 Å². The van der Waals surface area contributed by atoms with Crippen LogP contribution < -0.4 is 5.32 Å². The van der Waals surface area contributed by atoms with Gasteiger partial charge in [0, 0.05) is 29.4 Å². The van der Waals surface area contributed by atoms with Gasteiger partial charge in [0.05, 0.1) is 5.52 Å². The van der Waals surface area contributed by atoms with Crippen LogP contribution in [0.1, 0.15) is 12.5 Å². The van der Waals surface area contributed by atoms with Gasteiger partial charge in [-0.1, -0.05) is 37.3 Å². The first-order valence-corrected chi connectivity index (χ1v) is 8.14. The fourth-order valence-corrected chi connectivity index (χ4v) is 3.15. The first-order valence-electron chi connectivity index (χ1n) is 7.34. The third kappa shape index (κ3) is 2.98. The van der Waals surface area contributed by atoms with Crippen molar-refractivity contribution in [1.29, 1.82) is 0 Å². The van der Waals surface area contributed by atoms with Gasteiger partial charge in [-0.25, -0.2) is 0 Å². The van der Waals surface area contributed by atoms with Gasteiger partial charge in [-0.3, -0.25) is 0 Å². The molecular formula is C18H19BrN2. The second-order valence-electron chi connectivity index (χ2n) is 5.12. The van der Waals surface area contributed by atoms with E-state index in [9.17, 15) is 0 Å². The summed E-state index contributed by atoms with van der Waals surface area (Å²) < 4.78 is 3.45. The number of nitrogens with one attached hydrogen (secondary N) is 1. The van der Waals surface area contributed by atoms with Crippen LogP contribution in [-0.4, -0.2) is 11.1 Å². The van der Waals surface area contributed by atoms with E-state index in [1.54, 1.807) is 0 Å². The molecule has 0 atom stereocenters. The molecule has 1 heterocycles. The lowest BCUT2D eigenvalue weighted by Gasteiger charge is -2.11. The molecule has 2 nitrogen and oxygen atoms in total. The summed E-state index contributed by atoms with van der Waals surface area (Å²) in [5.41, 5.74) is 3.93. The largest absolute Gasteiger partial charge is 0.382 e. The van der Waals surface area contributed by atoms with Crippen LogP contribution in [-0.2, 0) is 13.0 Å². The molecule has 2 aromatic carbocycles. The minimum atomic E-state index is 0.907. The number of nitrogens with zero attached hydrogens (tertiary/aromatic N) is 1. The minimum absolute atomic E-state index is 0.907. The number of aryl methyl sites for hydroxylation is 1. The molecule has 0 spiro atoms. The zero-order valence-corrected chi connectivity index (χ0v) is 13.7. The van der Waals surface area contributed by atoms with Gasteiger partial charge in [0.1, 0.15) is 0 Å². The van der Waals surface area contributed by atoms with Gasteiger partial charge in [-0.2, -0.15) is 0 Å². The second-order valence-corrected chi connectivity index (χ2v) is 5.98. The molecule has 1 aromatic heterocycles. The summed E-state index contributed by atoms with van der Waals surface area (Å²) in [6.07, 6.45) is 3.25. The fraction of sp³-hybridized carbons (Fsp3) is 0.222. The number of halogens is 1. The van der Waals surface area contributed by atoms with Gasteiger partial charge in [-0.15, -0.1) is 0 Å². The Morgan fingerprint density at radius 1 is 1.05 bits per heavy atom. The predicted molar refractivity (Wildman–Crippen MR) is 93.9 cm³/mol. The lowest BCUT2D eigenvalue weighted by Crippen LogP contribution is -2.10. The molecule has 0 aliphatic rings. The number of hydrogen-bond acceptors (Lipinski definition) is 1. The summed E-state index contributed by atoms with van der Waals surface area (Å²) in [5.74, 6) is 0. The maximum absolute atomic E-state index is 3.57. The Labute approximate surface area is 133 Å². The number of fused-ring (bicyclic) bond motifs is 1. The van der Waals surface area contributed by atoms with E-state index in [-0.39, 0.29) is 0 Å². The van der Waals surface area contributed by atoms with Crippen molar-refractivity contribution >= 4 is 32.5 Å². The summed E-state index contributed by atoms with van der Waals surface area (Å²) in [6, 6.07) is 17.0. The quantitative estimate of drug-likeness (QED) is 0.684. The monoisotopic (exact) mass is 342 g/mol. The van der Waals surface area contributed by atoms with Gasteiger partial charge in [-0.05, 0) is 51.5 Å². The SMILES string of the molecule is CCc1cccc2ccn(CCNc3ccccc3Br)c12. The third-order valence-electron chi connectivity index (χ3n) is 3.79. The Bertz CT molecular complexity index is 746. The number of anilines is 1. The lowest BCUT2D eigenvalue weighted by molar-refractivity contribution is 0.754. The molecule has 0 saturated carbocycles. The minimum Gasteiger partial charge on any atom is -0.382 e. The summed E-state index contributed by atoms with van der Waals surface area (Å²) >= 11 is 3.57. The molecule has 1 N–H and O–H groups in total. The van der Waals surface area contributed by atoms with Gasteiger partial charge in [0.25, 0.3) is 0 Å². The van der Waals surface area contributed by atoms with Gasteiger partial charge >= 0.3 is 0 Å². The lowest BCUT2D eigenvalue weighted by atomic mass is 10.1. The first-order chi connectivity index (χ1) is 10.3. The van der Waals surface area contributed by atoms with Crippen molar-refractivity contribution < 1.29 is 0 Å². The number of benzene rings is 2. The molecule has 0 amide bonds. The molecule has 108 valence electrons. The van der Waals surface area contributed by atoms with Gasteiger partial charge in [0.2, 0.25) is 0 Å². The highest BCUT2D eigenvalue weighted by molar-refractivity contribution is 9.10. The predicted octanol–water partition coefficient (Wildman–Crippen LogP) is 5.08. The molecule has 0 aliphatic carbocycles. The molecule has 21 heavy (non-hydrogen) atoms. The van der Waals surface area contributed by atoms with Crippen molar-refractivity contribution in [2.45, 2.75) is 19.9 Å². The normalized spacial score (nSPS) is 11.0. The van der Waals surface area contributed by atoms with E-state index in [1.807, 2.05) is 12.1 Å². The zero-order valence-electron chi connectivity index (χ0n) is 12.1. The average molecular weight is 343 g/mol. The smallest absolute Gasteiger partial charge is 0.0513 e. The van der Waals surface area contributed by atoms with Crippen LogP contribution >= 0.6 is 15.9 Å². The standard InChI is InChI=1S/C18H19BrN2/c1-2-14-6-5-7-15-10-12-21(18(14)15)13-11-20-17-9-4-3-8-16(17)19/h3-10,12,20H,2,11,13H2,1H3. The van der Waals surface area contributed by atoms with Crippen LogP contribution in [0.25, 0.3) is 10.9 Å². The summed E-state index contributed by atoms with van der Waals surface area (Å²) in [4.78, 5) is 0. The Hall–Kier alpha value is -1.74. The molecule has 0 radical (unpaired) electrons. The van der Waals surface area contributed by atoms with Crippen molar-refractivity contribution in [3.05, 3.63) is 64.8 Å². The van der Waals surface area contributed by atoms with Crippen molar-refractivity contribution in [2.24, 2.45) is 0 Å². The maximum Gasteiger partial charge on any atom is 0.0513 e. The van der Waals surface area contributed by atoms with Crippen LogP contribution in [0.4, 0.5) is 5.69 Å². The third-order valence-corrected chi connectivity index (χ3v) is 4.49. The first kappa shape index (κ1) is 14.2. The van der Waals surface area contributed by atoms with E-state index in [0.29, 0.717) is 0 Å². The second kappa shape index (κ2) is 6.35. The number of rotatable bonds is 5. The highest BCUT2D eigenvalue weighted by atomic mass is 79.9. The molecule has 3 aromatic rings. The Morgan fingerprint density at radius 3 is 2.71 bits per heavy atom. The van der Waals surface area contributed by atoms with Crippen molar-refractivity contribution in [2.75, 3.05) is 11.9 Å². The van der Waals surface area contributed by atoms with Crippen molar-refractivity contribution in [3.8, 4) is 0 Å². The Morgan fingerprint density at radius 2 is 1.90 bits per heavy atom. The summed E-state index contributed by atoms with van der Waals surface area (Å²) in [5, 5.41) is 4.81. The van der Waals surface area contributed by atoms with Crippen molar-refractivity contribution in [3.63, 3.8) is 0 Å².